The van der Waals surface area contributed by atoms with E-state index in [1.807, 2.05) is 0 Å². The Balaban J connectivity index is 5.81. The summed E-state index contributed by atoms with van der Waals surface area (Å²) >= 11 is 0. The largest absolute Gasteiger partial charge is 0.469 e. The smallest absolute Gasteiger partial charge is 0.305 e. The van der Waals surface area contributed by atoms with E-state index in [2.05, 4.69) is 66.5 Å². The zero-order valence-electron chi connectivity index (χ0n) is 21.0. The molecule has 0 bridgehead atoms. The highest BCUT2D eigenvalue weighted by Gasteiger charge is 2.41. The predicted octanol–water partition coefficient (Wildman–Crippen LogP) is 4.68. The lowest BCUT2D eigenvalue weighted by Gasteiger charge is -2.46. The Labute approximate surface area is 180 Å². The normalized spacial score (nSPS) is 15.4. The summed E-state index contributed by atoms with van der Waals surface area (Å²) in [5, 5.41) is 0.156. The molecule has 0 aromatic heterocycles. The fourth-order valence-electron chi connectivity index (χ4n) is 3.35. The molecule has 29 heavy (non-hydrogen) atoms. The first-order valence-corrected chi connectivity index (χ1v) is 13.7. The van der Waals surface area contributed by atoms with Crippen LogP contribution in [0.25, 0.3) is 0 Å². The lowest BCUT2D eigenvalue weighted by molar-refractivity contribution is -0.167. The third-order valence-corrected chi connectivity index (χ3v) is 10.7. The Morgan fingerprint density at radius 3 is 1.83 bits per heavy atom. The van der Waals surface area contributed by atoms with Gasteiger partial charge in [-0.25, -0.2) is 0 Å². The summed E-state index contributed by atoms with van der Waals surface area (Å²) in [6, 6.07) is 0.333. The molecule has 0 saturated carbocycles. The van der Waals surface area contributed by atoms with Crippen LogP contribution in [-0.2, 0) is 23.4 Å². The van der Waals surface area contributed by atoms with Gasteiger partial charge in [-0.2, -0.15) is 0 Å². The topological polar surface area (TPSA) is 57.2 Å². The number of hydrogen-bond donors (Lipinski definition) is 0. The summed E-state index contributed by atoms with van der Waals surface area (Å²) in [5.41, 5.74) is 0. The highest BCUT2D eigenvalue weighted by molar-refractivity contribution is 6.74. The van der Waals surface area contributed by atoms with Crippen LogP contribution in [-0.4, -0.2) is 71.5 Å². The van der Waals surface area contributed by atoms with E-state index in [0.717, 1.165) is 0 Å². The molecule has 1 unspecified atom stereocenters. The van der Waals surface area contributed by atoms with Crippen LogP contribution < -0.4 is 0 Å². The Morgan fingerprint density at radius 2 is 1.48 bits per heavy atom. The van der Waals surface area contributed by atoms with Gasteiger partial charge in [0.15, 0.2) is 14.6 Å². The number of rotatable bonds is 13. The molecule has 0 spiro atoms. The highest BCUT2D eigenvalue weighted by atomic mass is 28.4. The van der Waals surface area contributed by atoms with Crippen molar-refractivity contribution >= 4 is 14.3 Å². The second-order valence-corrected chi connectivity index (χ2v) is 14.8. The van der Waals surface area contributed by atoms with Crippen molar-refractivity contribution in [1.29, 1.82) is 0 Å². The summed E-state index contributed by atoms with van der Waals surface area (Å²) < 4.78 is 22.8. The van der Waals surface area contributed by atoms with Crippen LogP contribution >= 0.6 is 0 Å². The summed E-state index contributed by atoms with van der Waals surface area (Å²) in [6.45, 7) is 20.8. The van der Waals surface area contributed by atoms with Crippen molar-refractivity contribution < 1.29 is 23.4 Å². The van der Waals surface area contributed by atoms with Gasteiger partial charge in [0.1, 0.15) is 0 Å². The molecule has 0 aromatic carbocycles. The molecular formula is C22H47NO5Si. The summed E-state index contributed by atoms with van der Waals surface area (Å²) in [4.78, 5) is 14.3. The predicted molar refractivity (Wildman–Crippen MR) is 122 cm³/mol. The fraction of sp³-hybridized carbons (Fsp3) is 0.955. The number of ether oxygens (including phenoxy) is 3. The molecule has 0 saturated heterocycles. The molecule has 2 atom stereocenters. The van der Waals surface area contributed by atoms with Gasteiger partial charge in [0.25, 0.3) is 0 Å². The third-order valence-electron chi connectivity index (χ3n) is 6.20. The summed E-state index contributed by atoms with van der Waals surface area (Å²) in [7, 11) is 2.84. The van der Waals surface area contributed by atoms with E-state index in [1.54, 1.807) is 14.2 Å². The first-order valence-electron chi connectivity index (χ1n) is 10.8. The Bertz CT molecular complexity index is 472. The van der Waals surface area contributed by atoms with E-state index in [4.69, 9.17) is 18.6 Å². The average molecular weight is 434 g/mol. The third kappa shape index (κ3) is 8.65. The molecular weight excluding hydrogens is 386 g/mol. The van der Waals surface area contributed by atoms with Gasteiger partial charge in [0.05, 0.1) is 13.2 Å². The molecule has 174 valence electrons. The highest BCUT2D eigenvalue weighted by Crippen LogP contribution is 2.37. The van der Waals surface area contributed by atoms with Gasteiger partial charge in [0.2, 0.25) is 0 Å². The molecule has 0 aromatic rings. The van der Waals surface area contributed by atoms with E-state index >= 15 is 0 Å². The van der Waals surface area contributed by atoms with E-state index in [0.29, 0.717) is 25.4 Å². The second-order valence-electron chi connectivity index (χ2n) is 9.95. The molecule has 0 amide bonds. The van der Waals surface area contributed by atoms with Crippen LogP contribution in [0.2, 0.25) is 18.1 Å². The van der Waals surface area contributed by atoms with Crippen molar-refractivity contribution in [2.24, 2.45) is 5.92 Å². The number of nitrogens with zero attached hydrogens (tertiary/aromatic N) is 1. The van der Waals surface area contributed by atoms with Crippen LogP contribution in [0.4, 0.5) is 0 Å². The average Bonchev–Trinajstić information content (AvgIpc) is 2.60. The van der Waals surface area contributed by atoms with E-state index < -0.39 is 14.6 Å². The number of esters is 1. The van der Waals surface area contributed by atoms with Crippen molar-refractivity contribution in [3.63, 3.8) is 0 Å². The Hall–Kier alpha value is -0.473. The van der Waals surface area contributed by atoms with Gasteiger partial charge in [0, 0.05) is 39.3 Å². The monoisotopic (exact) mass is 433 g/mol. The van der Waals surface area contributed by atoms with Crippen molar-refractivity contribution in [1.82, 2.24) is 4.90 Å². The number of carbonyl (C=O) groups is 1. The number of hydrogen-bond acceptors (Lipinski definition) is 6. The number of methoxy groups -OCH3 is 3. The van der Waals surface area contributed by atoms with Crippen molar-refractivity contribution in [2.45, 2.75) is 104 Å². The first-order chi connectivity index (χ1) is 13.2. The van der Waals surface area contributed by atoms with Crippen LogP contribution in [0.3, 0.4) is 0 Å². The zero-order valence-corrected chi connectivity index (χ0v) is 22.0. The molecule has 0 aliphatic heterocycles. The zero-order chi connectivity index (χ0) is 23.0. The number of carbonyl (C=O) groups excluding carboxylic acids is 1. The minimum Gasteiger partial charge on any atom is -0.469 e. The van der Waals surface area contributed by atoms with E-state index in [9.17, 15) is 4.79 Å². The van der Waals surface area contributed by atoms with Gasteiger partial charge >= 0.3 is 5.97 Å². The Kier molecular flexibility index (Phi) is 12.2. The molecule has 0 aliphatic carbocycles. The van der Waals surface area contributed by atoms with Crippen LogP contribution in [0, 0.1) is 5.92 Å². The van der Waals surface area contributed by atoms with Gasteiger partial charge in [-0.15, -0.1) is 0 Å². The Morgan fingerprint density at radius 1 is 0.966 bits per heavy atom. The quantitative estimate of drug-likeness (QED) is 0.239. The first kappa shape index (κ1) is 28.5. The molecule has 0 heterocycles. The maximum Gasteiger partial charge on any atom is 0.305 e. The molecule has 0 N–H and O–H groups in total. The molecule has 0 radical (unpaired) electrons. The lowest BCUT2D eigenvalue weighted by atomic mass is 9.97. The standard InChI is InChI=1S/C22H47NO5Si/c1-16(2)19(15-28-29(11,12)22(5,6)7)23(17(3)4)18(21(26-9)27-10)13-14-20(24)25-8/h16-19,21H,13-15H2,1-12H3/t18?,19-/m1/s1. The summed E-state index contributed by atoms with van der Waals surface area (Å²) in [5.74, 6) is 0.153. The van der Waals surface area contributed by atoms with Crippen molar-refractivity contribution in [2.75, 3.05) is 27.9 Å². The van der Waals surface area contributed by atoms with Gasteiger partial charge in [-0.1, -0.05) is 34.6 Å². The molecule has 6 nitrogen and oxygen atoms in total. The van der Waals surface area contributed by atoms with Gasteiger partial charge in [-0.3, -0.25) is 9.69 Å². The van der Waals surface area contributed by atoms with Gasteiger partial charge < -0.3 is 18.6 Å². The van der Waals surface area contributed by atoms with Crippen molar-refractivity contribution in [3.8, 4) is 0 Å². The minimum absolute atomic E-state index is 0.0838. The van der Waals surface area contributed by atoms with E-state index in [1.165, 1.54) is 7.11 Å². The van der Waals surface area contributed by atoms with E-state index in [-0.39, 0.29) is 29.1 Å². The second kappa shape index (κ2) is 12.4. The molecule has 0 aliphatic rings. The SMILES string of the molecule is COC(=O)CCC(C(OC)OC)N(C(C)C)[C@H](CO[Si](C)(C)C(C)(C)C)C(C)C. The maximum atomic E-state index is 11.8. The minimum atomic E-state index is -1.88. The van der Waals surface area contributed by atoms with Crippen molar-refractivity contribution in [3.05, 3.63) is 0 Å². The fourth-order valence-corrected chi connectivity index (χ4v) is 4.37. The van der Waals surface area contributed by atoms with Crippen LogP contribution in [0.15, 0.2) is 0 Å². The van der Waals surface area contributed by atoms with Crippen LogP contribution in [0.1, 0.15) is 61.3 Å². The molecule has 0 rings (SSSR count). The molecule has 0 fully saturated rings. The maximum absolute atomic E-state index is 11.8. The van der Waals surface area contributed by atoms with Gasteiger partial charge in [-0.05, 0) is 44.3 Å². The van der Waals surface area contributed by atoms with Crippen LogP contribution in [0.5, 0.6) is 0 Å². The lowest BCUT2D eigenvalue weighted by Crippen LogP contribution is -2.57. The molecule has 7 heteroatoms. The summed E-state index contributed by atoms with van der Waals surface area (Å²) in [6.07, 6.45) is 0.485.